The van der Waals surface area contributed by atoms with Crippen molar-refractivity contribution in [1.82, 2.24) is 19.6 Å². The SMILES string of the molecule is Cc1nnc2c(N(C)c3ccccc3C(N)=S)nccn12. The Morgan fingerprint density at radius 3 is 2.81 bits per heavy atom. The molecule has 2 N–H and O–H groups in total. The zero-order valence-corrected chi connectivity index (χ0v) is 12.5. The van der Waals surface area contributed by atoms with Gasteiger partial charge < -0.3 is 10.6 Å². The largest absolute Gasteiger partial charge is 0.389 e. The lowest BCUT2D eigenvalue weighted by Gasteiger charge is -2.21. The van der Waals surface area contributed by atoms with Crippen LogP contribution in [0.4, 0.5) is 11.5 Å². The molecule has 0 saturated carbocycles. The zero-order valence-electron chi connectivity index (χ0n) is 11.7. The van der Waals surface area contributed by atoms with Crippen molar-refractivity contribution in [3.8, 4) is 0 Å². The van der Waals surface area contributed by atoms with Gasteiger partial charge in [0.25, 0.3) is 0 Å². The molecule has 7 heteroatoms. The minimum Gasteiger partial charge on any atom is -0.389 e. The minimum absolute atomic E-state index is 0.349. The lowest BCUT2D eigenvalue weighted by atomic mass is 10.1. The minimum atomic E-state index is 0.349. The van der Waals surface area contributed by atoms with Gasteiger partial charge in [0, 0.05) is 25.0 Å². The molecule has 0 aliphatic rings. The number of nitrogens with zero attached hydrogens (tertiary/aromatic N) is 5. The highest BCUT2D eigenvalue weighted by Gasteiger charge is 2.16. The van der Waals surface area contributed by atoms with E-state index in [1.165, 1.54) is 0 Å². The summed E-state index contributed by atoms with van der Waals surface area (Å²) in [4.78, 5) is 6.68. The second-order valence-corrected chi connectivity index (χ2v) is 5.07. The van der Waals surface area contributed by atoms with Crippen LogP contribution in [0.2, 0.25) is 0 Å². The highest BCUT2D eigenvalue weighted by atomic mass is 32.1. The normalized spacial score (nSPS) is 10.8. The van der Waals surface area contributed by atoms with Crippen LogP contribution in [0.5, 0.6) is 0 Å². The molecule has 3 aromatic rings. The summed E-state index contributed by atoms with van der Waals surface area (Å²) in [6.07, 6.45) is 3.56. The average molecular weight is 298 g/mol. The third-order valence-electron chi connectivity index (χ3n) is 3.33. The quantitative estimate of drug-likeness (QED) is 0.744. The van der Waals surface area contributed by atoms with E-state index < -0.39 is 0 Å². The molecular formula is C14H14N6S. The first-order chi connectivity index (χ1) is 10.1. The van der Waals surface area contributed by atoms with Gasteiger partial charge in [-0.1, -0.05) is 24.4 Å². The van der Waals surface area contributed by atoms with Crippen molar-refractivity contribution in [3.63, 3.8) is 0 Å². The fraction of sp³-hybridized carbons (Fsp3) is 0.143. The van der Waals surface area contributed by atoms with Gasteiger partial charge in [0.15, 0.2) is 5.82 Å². The predicted molar refractivity (Wildman–Crippen MR) is 85.9 cm³/mol. The molecule has 0 radical (unpaired) electrons. The first-order valence-electron chi connectivity index (χ1n) is 6.38. The Hall–Kier alpha value is -2.54. The highest BCUT2D eigenvalue weighted by molar-refractivity contribution is 7.80. The molecule has 1 aromatic carbocycles. The van der Waals surface area contributed by atoms with Crippen LogP contribution >= 0.6 is 12.2 Å². The van der Waals surface area contributed by atoms with Gasteiger partial charge in [-0.25, -0.2) is 4.98 Å². The van der Waals surface area contributed by atoms with Gasteiger partial charge in [-0.2, -0.15) is 0 Å². The molecule has 106 valence electrons. The Morgan fingerprint density at radius 2 is 2.05 bits per heavy atom. The fourth-order valence-electron chi connectivity index (χ4n) is 2.25. The topological polar surface area (TPSA) is 72.3 Å². The summed E-state index contributed by atoms with van der Waals surface area (Å²) in [7, 11) is 1.91. The van der Waals surface area contributed by atoms with E-state index in [2.05, 4.69) is 15.2 Å². The molecule has 0 atom stereocenters. The first kappa shape index (κ1) is 13.4. The van der Waals surface area contributed by atoms with Crippen LogP contribution in [-0.4, -0.2) is 31.6 Å². The molecule has 0 aliphatic heterocycles. The van der Waals surface area contributed by atoms with E-state index in [9.17, 15) is 0 Å². The Balaban J connectivity index is 2.17. The maximum Gasteiger partial charge on any atom is 0.204 e. The summed E-state index contributed by atoms with van der Waals surface area (Å²) in [6, 6.07) is 7.68. The van der Waals surface area contributed by atoms with Crippen molar-refractivity contribution in [1.29, 1.82) is 0 Å². The number of aromatic nitrogens is 4. The van der Waals surface area contributed by atoms with E-state index in [-0.39, 0.29) is 0 Å². The van der Waals surface area contributed by atoms with Crippen molar-refractivity contribution in [2.24, 2.45) is 5.73 Å². The number of hydrogen-bond donors (Lipinski definition) is 1. The van der Waals surface area contributed by atoms with E-state index in [1.54, 1.807) is 6.20 Å². The van der Waals surface area contributed by atoms with Crippen LogP contribution < -0.4 is 10.6 Å². The first-order valence-corrected chi connectivity index (χ1v) is 6.79. The summed E-state index contributed by atoms with van der Waals surface area (Å²) in [5, 5.41) is 8.27. The predicted octanol–water partition coefficient (Wildman–Crippen LogP) is 1.83. The number of aryl methyl sites for hydroxylation is 1. The third-order valence-corrected chi connectivity index (χ3v) is 3.55. The van der Waals surface area contributed by atoms with Gasteiger partial charge in [-0.15, -0.1) is 10.2 Å². The molecule has 0 saturated heterocycles. The van der Waals surface area contributed by atoms with Crippen molar-refractivity contribution in [3.05, 3.63) is 48.0 Å². The average Bonchev–Trinajstić information content (AvgIpc) is 2.88. The van der Waals surface area contributed by atoms with E-state index in [0.29, 0.717) is 16.5 Å². The summed E-state index contributed by atoms with van der Waals surface area (Å²) < 4.78 is 1.89. The fourth-order valence-corrected chi connectivity index (χ4v) is 2.43. The lowest BCUT2D eigenvalue weighted by molar-refractivity contribution is 0.998. The molecule has 2 aromatic heterocycles. The summed E-state index contributed by atoms with van der Waals surface area (Å²) in [6.45, 7) is 1.90. The standard InChI is InChI=1S/C14H14N6S/c1-9-17-18-14-13(16-7-8-20(9)14)19(2)11-6-4-3-5-10(11)12(15)21/h3-8H,1-2H3,(H2,15,21). The van der Waals surface area contributed by atoms with Gasteiger partial charge >= 0.3 is 0 Å². The molecule has 2 heterocycles. The number of fused-ring (bicyclic) bond motifs is 1. The van der Waals surface area contributed by atoms with Gasteiger partial charge in [0.05, 0.1) is 5.69 Å². The van der Waals surface area contributed by atoms with Gasteiger partial charge in [0.2, 0.25) is 5.65 Å². The maximum atomic E-state index is 5.80. The van der Waals surface area contributed by atoms with Crippen molar-refractivity contribution >= 4 is 34.4 Å². The van der Waals surface area contributed by atoms with Gasteiger partial charge in [-0.05, 0) is 19.1 Å². The van der Waals surface area contributed by atoms with Crippen LogP contribution in [0.15, 0.2) is 36.7 Å². The molecule has 0 unspecified atom stereocenters. The number of anilines is 2. The van der Waals surface area contributed by atoms with Crippen LogP contribution in [0, 0.1) is 6.92 Å². The Labute approximate surface area is 127 Å². The molecule has 0 aliphatic carbocycles. The van der Waals surface area contributed by atoms with Crippen molar-refractivity contribution < 1.29 is 0 Å². The highest BCUT2D eigenvalue weighted by Crippen LogP contribution is 2.27. The van der Waals surface area contributed by atoms with Gasteiger partial charge in [0.1, 0.15) is 10.8 Å². The number of para-hydroxylation sites is 1. The Morgan fingerprint density at radius 1 is 1.29 bits per heavy atom. The number of hydrogen-bond acceptors (Lipinski definition) is 5. The number of benzene rings is 1. The number of nitrogens with two attached hydrogens (primary N) is 1. The van der Waals surface area contributed by atoms with E-state index in [4.69, 9.17) is 18.0 Å². The van der Waals surface area contributed by atoms with Crippen LogP contribution in [0.25, 0.3) is 5.65 Å². The Bertz CT molecular complexity index is 825. The number of thiocarbonyl (C=S) groups is 1. The van der Waals surface area contributed by atoms with E-state index in [1.807, 2.05) is 53.7 Å². The smallest absolute Gasteiger partial charge is 0.204 e. The molecular weight excluding hydrogens is 284 g/mol. The molecule has 6 nitrogen and oxygen atoms in total. The van der Waals surface area contributed by atoms with Crippen molar-refractivity contribution in [2.75, 3.05) is 11.9 Å². The van der Waals surface area contributed by atoms with Crippen molar-refractivity contribution in [2.45, 2.75) is 6.92 Å². The molecule has 0 amide bonds. The van der Waals surface area contributed by atoms with Crippen LogP contribution in [0.1, 0.15) is 11.4 Å². The van der Waals surface area contributed by atoms with Gasteiger partial charge in [-0.3, -0.25) is 4.40 Å². The van der Waals surface area contributed by atoms with E-state index in [0.717, 1.165) is 17.1 Å². The molecule has 21 heavy (non-hydrogen) atoms. The monoisotopic (exact) mass is 298 g/mol. The molecule has 0 spiro atoms. The Kier molecular flexibility index (Phi) is 3.26. The summed E-state index contributed by atoms with van der Waals surface area (Å²) >= 11 is 5.12. The van der Waals surface area contributed by atoms with E-state index >= 15 is 0 Å². The third kappa shape index (κ3) is 2.21. The zero-order chi connectivity index (χ0) is 15.0. The molecule has 3 rings (SSSR count). The lowest BCUT2D eigenvalue weighted by Crippen LogP contribution is -2.19. The second kappa shape index (κ2) is 5.10. The molecule has 0 bridgehead atoms. The summed E-state index contributed by atoms with van der Waals surface area (Å²) in [5.41, 5.74) is 8.17. The van der Waals surface area contributed by atoms with Crippen LogP contribution in [0.3, 0.4) is 0 Å². The second-order valence-electron chi connectivity index (χ2n) is 4.63. The van der Waals surface area contributed by atoms with Crippen LogP contribution in [-0.2, 0) is 0 Å². The molecule has 0 fully saturated rings. The number of rotatable bonds is 3. The maximum absolute atomic E-state index is 5.80. The summed E-state index contributed by atoms with van der Waals surface area (Å²) in [5.74, 6) is 1.51.